The predicted octanol–water partition coefficient (Wildman–Crippen LogP) is 4.92. The van der Waals surface area contributed by atoms with Crippen LogP contribution in [0, 0.1) is 27.7 Å². The smallest absolute Gasteiger partial charge is 0.196 e. The van der Waals surface area contributed by atoms with Gasteiger partial charge in [-0.3, -0.25) is 9.36 Å². The van der Waals surface area contributed by atoms with Gasteiger partial charge in [0.2, 0.25) is 0 Å². The van der Waals surface area contributed by atoms with Gasteiger partial charge in [0.25, 0.3) is 0 Å². The molecule has 4 rings (SSSR count). The van der Waals surface area contributed by atoms with Crippen molar-refractivity contribution >= 4 is 17.5 Å². The molecule has 4 aromatic rings. The highest BCUT2D eigenvalue weighted by molar-refractivity contribution is 7.99. The molecule has 1 aromatic carbocycles. The molecule has 30 heavy (non-hydrogen) atoms. The lowest BCUT2D eigenvalue weighted by Crippen LogP contribution is -2.08. The van der Waals surface area contributed by atoms with Gasteiger partial charge >= 0.3 is 0 Å². The maximum absolute atomic E-state index is 13.0. The number of thioether (sulfide) groups is 1. The molecular weight excluding hydrogens is 396 g/mol. The van der Waals surface area contributed by atoms with E-state index in [9.17, 15) is 4.79 Å². The average molecular weight is 421 g/mol. The number of furan rings is 1. The lowest BCUT2D eigenvalue weighted by molar-refractivity contribution is 0.102. The highest BCUT2D eigenvalue weighted by Crippen LogP contribution is 2.25. The largest absolute Gasteiger partial charge is 0.467 e. The maximum atomic E-state index is 13.0. The van der Waals surface area contributed by atoms with Crippen LogP contribution in [0.25, 0.3) is 5.69 Å². The summed E-state index contributed by atoms with van der Waals surface area (Å²) in [5, 5.41) is 9.22. The second-order valence-electron chi connectivity index (χ2n) is 7.37. The van der Waals surface area contributed by atoms with Gasteiger partial charge in [0.1, 0.15) is 11.6 Å². The fourth-order valence-corrected chi connectivity index (χ4v) is 4.47. The van der Waals surface area contributed by atoms with Crippen LogP contribution in [0.3, 0.4) is 0 Å². The van der Waals surface area contributed by atoms with Crippen LogP contribution < -0.4 is 0 Å². The Hall–Kier alpha value is -3.06. The molecule has 154 valence electrons. The molecule has 0 radical (unpaired) electrons. The summed E-state index contributed by atoms with van der Waals surface area (Å²) in [5.41, 5.74) is 4.90. The van der Waals surface area contributed by atoms with Gasteiger partial charge in [-0.15, -0.1) is 10.2 Å². The van der Waals surface area contributed by atoms with Gasteiger partial charge < -0.3 is 8.98 Å². The lowest BCUT2D eigenvalue weighted by atomic mass is 10.2. The Morgan fingerprint density at radius 1 is 1.07 bits per heavy atom. The number of aromatic nitrogens is 4. The first-order valence-corrected chi connectivity index (χ1v) is 10.8. The Kier molecular flexibility index (Phi) is 5.63. The lowest BCUT2D eigenvalue weighted by Gasteiger charge is -2.09. The zero-order chi connectivity index (χ0) is 21.3. The normalized spacial score (nSPS) is 11.2. The van der Waals surface area contributed by atoms with Crippen molar-refractivity contribution in [3.63, 3.8) is 0 Å². The van der Waals surface area contributed by atoms with Crippen LogP contribution in [0.15, 0.2) is 58.3 Å². The maximum Gasteiger partial charge on any atom is 0.196 e. The fourth-order valence-electron chi connectivity index (χ4n) is 3.59. The Balaban J connectivity index is 1.53. The number of hydrogen-bond acceptors (Lipinski definition) is 5. The van der Waals surface area contributed by atoms with Gasteiger partial charge in [-0.1, -0.05) is 23.9 Å². The minimum absolute atomic E-state index is 0.0789. The van der Waals surface area contributed by atoms with Crippen molar-refractivity contribution in [2.45, 2.75) is 39.4 Å². The molecule has 0 aliphatic carbocycles. The third-order valence-corrected chi connectivity index (χ3v) is 6.08. The summed E-state index contributed by atoms with van der Waals surface area (Å²) < 4.78 is 9.56. The van der Waals surface area contributed by atoms with E-state index in [0.717, 1.165) is 44.9 Å². The van der Waals surface area contributed by atoms with Gasteiger partial charge in [0, 0.05) is 22.6 Å². The monoisotopic (exact) mass is 420 g/mol. The van der Waals surface area contributed by atoms with Crippen LogP contribution in [0.1, 0.15) is 38.9 Å². The zero-order valence-corrected chi connectivity index (χ0v) is 18.4. The molecule has 0 saturated carbocycles. The summed E-state index contributed by atoms with van der Waals surface area (Å²) in [6, 6.07) is 13.9. The van der Waals surface area contributed by atoms with Crippen molar-refractivity contribution in [3.05, 3.63) is 82.8 Å². The average Bonchev–Trinajstić information content (AvgIpc) is 3.43. The quantitative estimate of drug-likeness (QED) is 0.314. The first kappa shape index (κ1) is 20.2. The molecule has 0 amide bonds. The van der Waals surface area contributed by atoms with Crippen LogP contribution in [0.2, 0.25) is 0 Å². The van der Waals surface area contributed by atoms with Crippen LogP contribution in [0.5, 0.6) is 0 Å². The minimum atomic E-state index is 0.0789. The standard InChI is InChI=1S/C23H24N4O2S/c1-15-7-5-8-19(11-15)27-18(4)24-25-23(27)30-14-22(28)21-12-16(2)26(17(21)3)13-20-9-6-10-29-20/h5-12H,13-14H2,1-4H3. The number of nitrogens with zero attached hydrogens (tertiary/aromatic N) is 4. The number of benzene rings is 1. The zero-order valence-electron chi connectivity index (χ0n) is 17.5. The van der Waals surface area contributed by atoms with Crippen LogP contribution in [-0.4, -0.2) is 30.9 Å². The first-order chi connectivity index (χ1) is 14.4. The van der Waals surface area contributed by atoms with Crippen molar-refractivity contribution in [2.24, 2.45) is 0 Å². The third-order valence-electron chi connectivity index (χ3n) is 5.16. The van der Waals surface area contributed by atoms with Crippen molar-refractivity contribution in [3.8, 4) is 5.69 Å². The Morgan fingerprint density at radius 2 is 1.90 bits per heavy atom. The number of carbonyl (C=O) groups is 1. The SMILES string of the molecule is Cc1cccc(-n2c(C)nnc2SCC(=O)c2cc(C)n(Cc3ccco3)c2C)c1. The van der Waals surface area contributed by atoms with E-state index in [1.54, 1.807) is 6.26 Å². The molecule has 0 saturated heterocycles. The Bertz CT molecular complexity index is 1190. The second kappa shape index (κ2) is 8.36. The molecule has 6 nitrogen and oxygen atoms in total. The van der Waals surface area contributed by atoms with Crippen LogP contribution >= 0.6 is 11.8 Å². The van der Waals surface area contributed by atoms with E-state index in [-0.39, 0.29) is 5.78 Å². The van der Waals surface area contributed by atoms with E-state index < -0.39 is 0 Å². The predicted molar refractivity (Wildman–Crippen MR) is 118 cm³/mol. The first-order valence-electron chi connectivity index (χ1n) is 9.78. The molecule has 0 atom stereocenters. The number of hydrogen-bond donors (Lipinski definition) is 0. The number of aryl methyl sites for hydroxylation is 3. The molecule has 0 aliphatic rings. The Labute approximate surface area is 179 Å². The van der Waals surface area contributed by atoms with Gasteiger partial charge in [0.15, 0.2) is 10.9 Å². The molecule has 0 N–H and O–H groups in total. The number of Topliss-reactive ketones (excluding diaryl/α,β-unsaturated/α-hetero) is 1. The molecule has 0 spiro atoms. The van der Waals surface area contributed by atoms with Crippen LogP contribution in [-0.2, 0) is 6.54 Å². The summed E-state index contributed by atoms with van der Waals surface area (Å²) in [6.45, 7) is 8.58. The topological polar surface area (TPSA) is 65.8 Å². The van der Waals surface area contributed by atoms with Crippen LogP contribution in [0.4, 0.5) is 0 Å². The molecule has 7 heteroatoms. The summed E-state index contributed by atoms with van der Waals surface area (Å²) >= 11 is 1.41. The summed E-state index contributed by atoms with van der Waals surface area (Å²) in [6.07, 6.45) is 1.67. The van der Waals surface area contributed by atoms with E-state index in [4.69, 9.17) is 4.42 Å². The summed E-state index contributed by atoms with van der Waals surface area (Å²) in [4.78, 5) is 13.0. The molecule has 0 aliphatic heterocycles. The summed E-state index contributed by atoms with van der Waals surface area (Å²) in [5.74, 6) is 2.05. The second-order valence-corrected chi connectivity index (χ2v) is 8.31. The van der Waals surface area contributed by atoms with E-state index in [2.05, 4.69) is 33.8 Å². The fraction of sp³-hybridized carbons (Fsp3) is 0.261. The molecule has 0 unspecified atom stereocenters. The number of rotatable bonds is 7. The van der Waals surface area contributed by atoms with Crippen molar-refractivity contribution in [2.75, 3.05) is 5.75 Å². The molecular formula is C23H24N4O2S. The minimum Gasteiger partial charge on any atom is -0.467 e. The van der Waals surface area contributed by atoms with Gasteiger partial charge in [-0.05, 0) is 63.6 Å². The molecule has 0 bridgehead atoms. The van der Waals surface area contributed by atoms with Crippen molar-refractivity contribution in [1.29, 1.82) is 0 Å². The van der Waals surface area contributed by atoms with Gasteiger partial charge in [-0.2, -0.15) is 0 Å². The molecule has 0 fully saturated rings. The molecule has 3 heterocycles. The van der Waals surface area contributed by atoms with E-state index >= 15 is 0 Å². The van der Waals surface area contributed by atoms with Gasteiger partial charge in [0.05, 0.1) is 18.6 Å². The van der Waals surface area contributed by atoms with E-state index in [0.29, 0.717) is 12.3 Å². The summed E-state index contributed by atoms with van der Waals surface area (Å²) in [7, 11) is 0. The van der Waals surface area contributed by atoms with Crippen molar-refractivity contribution < 1.29 is 9.21 Å². The molecule has 3 aromatic heterocycles. The number of carbonyl (C=O) groups excluding carboxylic acids is 1. The van der Waals surface area contributed by atoms with Gasteiger partial charge in [-0.25, -0.2) is 0 Å². The third kappa shape index (κ3) is 3.98. The van der Waals surface area contributed by atoms with Crippen molar-refractivity contribution in [1.82, 2.24) is 19.3 Å². The van der Waals surface area contributed by atoms with E-state index in [1.165, 1.54) is 11.8 Å². The number of ketones is 1. The van der Waals surface area contributed by atoms with E-state index in [1.807, 2.05) is 55.7 Å². The Morgan fingerprint density at radius 3 is 2.63 bits per heavy atom. The highest BCUT2D eigenvalue weighted by atomic mass is 32.2. The highest BCUT2D eigenvalue weighted by Gasteiger charge is 2.19.